The number of amides is 1. The van der Waals surface area contributed by atoms with E-state index < -0.39 is 83.7 Å². The summed E-state index contributed by atoms with van der Waals surface area (Å²) in [6.07, 6.45) is 6.13. The normalized spacial score (nSPS) is 39.3. The molecule has 3 aliphatic heterocycles. The SMILES string of the molecule is CO[C@H]1C[C@@H](C)C/C(C)=C/[C@@H](C/C=C/C(=O)O)C(=O)C[C@H](O)[C@@H](C)[C@@H](/C(C)=C/C2CCC(O)CC2)OC(=O)[C@@H]2CCCCN2C(=O)C(=O)[C@]2(O)O[C@H]1[C@@H](OC)C[C@H]2C. The highest BCUT2D eigenvalue weighted by Gasteiger charge is 2.56. The van der Waals surface area contributed by atoms with Crippen LogP contribution in [0.1, 0.15) is 112 Å². The van der Waals surface area contributed by atoms with Crippen LogP contribution in [0.25, 0.3) is 0 Å². The van der Waals surface area contributed by atoms with E-state index in [0.29, 0.717) is 44.1 Å². The Morgan fingerprint density at radius 3 is 2.26 bits per heavy atom. The molecule has 3 heterocycles. The monoisotopic (exact) mass is 817 g/mol. The summed E-state index contributed by atoms with van der Waals surface area (Å²) in [5, 5.41) is 43.1. The fraction of sp³-hybridized carbons (Fsp3) is 0.750. The number of methoxy groups -OCH3 is 2. The number of ether oxygens (including phenoxy) is 4. The van der Waals surface area contributed by atoms with Crippen LogP contribution in [-0.2, 0) is 42.9 Å². The minimum atomic E-state index is -2.54. The summed E-state index contributed by atoms with van der Waals surface area (Å²) in [7, 11) is 2.99. The highest BCUT2D eigenvalue weighted by Crippen LogP contribution is 2.39. The molecule has 3 fully saturated rings. The van der Waals surface area contributed by atoms with E-state index in [0.717, 1.165) is 29.4 Å². The van der Waals surface area contributed by atoms with Crippen LogP contribution in [0.15, 0.2) is 35.5 Å². The first kappa shape index (κ1) is 47.4. The number of aliphatic carboxylic acids is 1. The number of carbonyl (C=O) groups is 5. The molecule has 2 saturated heterocycles. The van der Waals surface area contributed by atoms with E-state index in [2.05, 4.69) is 0 Å². The molecule has 0 unspecified atom stereocenters. The lowest BCUT2D eigenvalue weighted by Gasteiger charge is -2.47. The molecule has 0 aromatic carbocycles. The predicted octanol–water partition coefficient (Wildman–Crippen LogP) is 4.47. The molecule has 1 amide bonds. The topological polar surface area (TPSA) is 206 Å². The van der Waals surface area contributed by atoms with E-state index >= 15 is 0 Å². The number of aliphatic hydroxyl groups is 3. The van der Waals surface area contributed by atoms with Gasteiger partial charge in [-0.05, 0) is 102 Å². The van der Waals surface area contributed by atoms with Crippen LogP contribution in [0.2, 0.25) is 0 Å². The maximum Gasteiger partial charge on any atom is 0.329 e. The van der Waals surface area contributed by atoms with E-state index in [1.54, 1.807) is 26.8 Å². The first-order valence-electron chi connectivity index (χ1n) is 21.1. The van der Waals surface area contributed by atoms with Crippen molar-refractivity contribution in [1.82, 2.24) is 4.90 Å². The van der Waals surface area contributed by atoms with Crippen molar-refractivity contribution in [2.45, 2.75) is 160 Å². The van der Waals surface area contributed by atoms with Crippen LogP contribution in [0.3, 0.4) is 0 Å². The second kappa shape index (κ2) is 21.3. The van der Waals surface area contributed by atoms with Gasteiger partial charge in [0.05, 0.1) is 24.4 Å². The number of nitrogens with zero attached hydrogens (tertiary/aromatic N) is 1. The number of allylic oxidation sites excluding steroid dienone is 4. The molecule has 1 aliphatic carbocycles. The second-order valence-corrected chi connectivity index (χ2v) is 17.4. The zero-order valence-electron chi connectivity index (χ0n) is 35.3. The number of esters is 1. The number of Topliss-reactive ketones (excluding diaryl/α,β-unsaturated/α-hetero) is 2. The van der Waals surface area contributed by atoms with Crippen LogP contribution in [0.4, 0.5) is 0 Å². The summed E-state index contributed by atoms with van der Waals surface area (Å²) < 4.78 is 24.1. The smallest absolute Gasteiger partial charge is 0.329 e. The number of rotatable bonds is 7. The molecule has 4 rings (SSSR count). The lowest BCUT2D eigenvalue weighted by molar-refractivity contribution is -0.302. The molecular weight excluding hydrogens is 750 g/mol. The van der Waals surface area contributed by atoms with E-state index in [9.17, 15) is 44.4 Å². The first-order valence-corrected chi connectivity index (χ1v) is 21.1. The fourth-order valence-electron chi connectivity index (χ4n) is 9.28. The lowest BCUT2D eigenvalue weighted by atomic mass is 9.82. The second-order valence-electron chi connectivity index (χ2n) is 17.4. The molecule has 0 spiro atoms. The number of cyclic esters (lactones) is 1. The van der Waals surface area contributed by atoms with Gasteiger partial charge in [-0.1, -0.05) is 44.6 Å². The van der Waals surface area contributed by atoms with Gasteiger partial charge in [0.25, 0.3) is 11.7 Å². The van der Waals surface area contributed by atoms with Gasteiger partial charge >= 0.3 is 11.9 Å². The van der Waals surface area contributed by atoms with Crippen molar-refractivity contribution < 1.29 is 63.3 Å². The van der Waals surface area contributed by atoms with Gasteiger partial charge in [0.1, 0.15) is 24.0 Å². The lowest BCUT2D eigenvalue weighted by Crippen LogP contribution is -2.64. The largest absolute Gasteiger partial charge is 0.478 e. The van der Waals surface area contributed by atoms with E-state index in [1.165, 1.54) is 20.3 Å². The molecule has 0 radical (unpaired) electrons. The average Bonchev–Trinajstić information content (AvgIpc) is 3.18. The standard InChI is InChI=1S/C44H67NO13/c1-25-19-26(2)21-36(55-6)40-37(56-7)23-28(4)44(54,58-40)41(51)42(52)45-18-9-8-12-33(45)43(53)57-39(27(3)22-30-14-16-32(46)17-15-30)29(5)34(47)24-35(48)31(20-25)11-10-13-38(49)50/h10,13,20,22,26,28-34,36-37,39-40,46-47,54H,8-9,11-12,14-19,21,23-24H2,1-7H3,(H,49,50)/b13-10+,25-20+,27-22+/t26-,28+,29+,30?,31+,32?,33-,34-,36-,37-,39+,40+,44+/m0/s1. The third-order valence-corrected chi connectivity index (χ3v) is 12.7. The minimum absolute atomic E-state index is 0.0672. The molecule has 1 saturated carbocycles. The number of piperidine rings is 1. The van der Waals surface area contributed by atoms with E-state index in [4.69, 9.17) is 18.9 Å². The summed E-state index contributed by atoms with van der Waals surface area (Å²) in [5.74, 6) is -9.43. The Morgan fingerprint density at radius 2 is 1.62 bits per heavy atom. The Balaban J connectivity index is 1.79. The summed E-state index contributed by atoms with van der Waals surface area (Å²) in [4.78, 5) is 69.2. The van der Waals surface area contributed by atoms with Gasteiger partial charge in [-0.3, -0.25) is 14.4 Å². The van der Waals surface area contributed by atoms with Crippen LogP contribution < -0.4 is 0 Å². The van der Waals surface area contributed by atoms with Crippen LogP contribution in [0, 0.1) is 29.6 Å². The van der Waals surface area contributed by atoms with Gasteiger partial charge in [0.2, 0.25) is 5.79 Å². The molecule has 14 heteroatoms. The van der Waals surface area contributed by atoms with Crippen molar-refractivity contribution in [3.63, 3.8) is 0 Å². The summed E-state index contributed by atoms with van der Waals surface area (Å²) in [6, 6.07) is -1.17. The third-order valence-electron chi connectivity index (χ3n) is 12.7. The molecular formula is C44H67NO13. The molecule has 4 aliphatic rings. The molecule has 0 aromatic rings. The predicted molar refractivity (Wildman–Crippen MR) is 213 cm³/mol. The fourth-order valence-corrected chi connectivity index (χ4v) is 9.28. The van der Waals surface area contributed by atoms with Gasteiger partial charge in [0.15, 0.2) is 0 Å². The zero-order valence-corrected chi connectivity index (χ0v) is 35.3. The molecule has 2 bridgehead atoms. The van der Waals surface area contributed by atoms with Crippen molar-refractivity contribution in [2.75, 3.05) is 20.8 Å². The Hall–Kier alpha value is -3.27. The van der Waals surface area contributed by atoms with Crippen LogP contribution >= 0.6 is 0 Å². The quantitative estimate of drug-likeness (QED) is 0.121. The number of hydrogen-bond acceptors (Lipinski definition) is 12. The van der Waals surface area contributed by atoms with Crippen molar-refractivity contribution in [3.05, 3.63) is 35.5 Å². The number of carbonyl (C=O) groups excluding carboxylic acids is 4. The summed E-state index contributed by atoms with van der Waals surface area (Å²) >= 11 is 0. The van der Waals surface area contributed by atoms with E-state index in [-0.39, 0.29) is 56.0 Å². The number of ketones is 2. The van der Waals surface area contributed by atoms with Crippen molar-refractivity contribution >= 4 is 29.4 Å². The van der Waals surface area contributed by atoms with E-state index in [1.807, 2.05) is 19.9 Å². The average molecular weight is 818 g/mol. The molecule has 11 atom stereocenters. The molecule has 14 nitrogen and oxygen atoms in total. The van der Waals surface area contributed by atoms with Gasteiger partial charge in [-0.25, -0.2) is 9.59 Å². The molecule has 326 valence electrons. The van der Waals surface area contributed by atoms with Gasteiger partial charge < -0.3 is 44.3 Å². The molecule has 58 heavy (non-hydrogen) atoms. The van der Waals surface area contributed by atoms with Crippen molar-refractivity contribution in [1.29, 1.82) is 0 Å². The summed E-state index contributed by atoms with van der Waals surface area (Å²) in [6.45, 7) is 9.02. The maximum atomic E-state index is 14.3. The Kier molecular flexibility index (Phi) is 17.4. The highest BCUT2D eigenvalue weighted by atomic mass is 16.7. The van der Waals surface area contributed by atoms with Gasteiger partial charge in [-0.2, -0.15) is 0 Å². The van der Waals surface area contributed by atoms with Crippen molar-refractivity contribution in [2.24, 2.45) is 29.6 Å². The van der Waals surface area contributed by atoms with Gasteiger partial charge in [0, 0.05) is 51.0 Å². The highest BCUT2D eigenvalue weighted by molar-refractivity contribution is 6.39. The van der Waals surface area contributed by atoms with Gasteiger partial charge in [-0.15, -0.1) is 0 Å². The van der Waals surface area contributed by atoms with Crippen LogP contribution in [-0.4, -0.2) is 124 Å². The number of carboxylic acid groups (broad SMARTS) is 1. The maximum absolute atomic E-state index is 14.3. The number of carboxylic acids is 1. The zero-order chi connectivity index (χ0) is 42.9. The minimum Gasteiger partial charge on any atom is -0.478 e. The first-order chi connectivity index (χ1) is 27.4. The Labute approximate surface area is 343 Å². The summed E-state index contributed by atoms with van der Waals surface area (Å²) in [5.41, 5.74) is 1.49. The van der Waals surface area contributed by atoms with Crippen LogP contribution in [0.5, 0.6) is 0 Å². The third kappa shape index (κ3) is 11.9. The molecule has 0 aromatic heterocycles. The number of aliphatic hydroxyl groups excluding tert-OH is 2. The molecule has 4 N–H and O–H groups in total. The van der Waals surface area contributed by atoms with Crippen molar-refractivity contribution in [3.8, 4) is 0 Å². The number of fused-ring (bicyclic) bond motifs is 3. The Bertz CT molecular complexity index is 1550. The Morgan fingerprint density at radius 1 is 0.966 bits per heavy atom. The number of hydrogen-bond donors (Lipinski definition) is 4.